The number of hydrogen-bond donors (Lipinski definition) is 0. The molecule has 1 heterocycles. The number of nitro benzene ring substituents is 2. The van der Waals surface area contributed by atoms with E-state index in [1.807, 2.05) is 4.90 Å². The predicted octanol–water partition coefficient (Wildman–Crippen LogP) is 2.87. The van der Waals surface area contributed by atoms with Crippen LogP contribution in [0.3, 0.4) is 0 Å². The molecule has 0 radical (unpaired) electrons. The minimum Gasteiger partial charge on any atom is -0.366 e. The summed E-state index contributed by atoms with van der Waals surface area (Å²) in [4.78, 5) is 22.4. The standard InChI is InChI=1S/C10H10BrN3O4/c11-7-5-9(12-3-1-2-4-12)10(14(17)18)6-8(7)13(15)16/h5-6H,1-4H2. The van der Waals surface area contributed by atoms with Gasteiger partial charge < -0.3 is 4.90 Å². The summed E-state index contributed by atoms with van der Waals surface area (Å²) < 4.78 is 0.264. The molecule has 2 rings (SSSR count). The van der Waals surface area contributed by atoms with E-state index >= 15 is 0 Å². The Morgan fingerprint density at radius 2 is 1.61 bits per heavy atom. The Morgan fingerprint density at radius 1 is 1.06 bits per heavy atom. The highest BCUT2D eigenvalue weighted by Crippen LogP contribution is 2.38. The second-order valence-electron chi connectivity index (χ2n) is 4.00. The Kier molecular flexibility index (Phi) is 3.46. The van der Waals surface area contributed by atoms with Gasteiger partial charge in [0.2, 0.25) is 0 Å². The fourth-order valence-corrected chi connectivity index (χ4v) is 2.51. The van der Waals surface area contributed by atoms with Gasteiger partial charge in [0, 0.05) is 13.1 Å². The summed E-state index contributed by atoms with van der Waals surface area (Å²) in [5, 5.41) is 21.8. The number of nitrogens with zero attached hydrogens (tertiary/aromatic N) is 3. The molecule has 0 aromatic heterocycles. The van der Waals surface area contributed by atoms with Crippen molar-refractivity contribution < 1.29 is 9.85 Å². The van der Waals surface area contributed by atoms with E-state index in [1.54, 1.807) is 0 Å². The molecule has 0 saturated carbocycles. The Hall–Kier alpha value is -1.70. The molecule has 0 aliphatic carbocycles. The lowest BCUT2D eigenvalue weighted by Gasteiger charge is -2.17. The fourth-order valence-electron chi connectivity index (χ4n) is 2.04. The van der Waals surface area contributed by atoms with Crippen LogP contribution in [0.25, 0.3) is 0 Å². The van der Waals surface area contributed by atoms with Gasteiger partial charge in [0.15, 0.2) is 0 Å². The third kappa shape index (κ3) is 2.28. The third-order valence-electron chi connectivity index (χ3n) is 2.88. The van der Waals surface area contributed by atoms with Crippen molar-refractivity contribution in [2.24, 2.45) is 0 Å². The molecular weight excluding hydrogens is 306 g/mol. The smallest absolute Gasteiger partial charge is 0.299 e. The van der Waals surface area contributed by atoms with Crippen molar-refractivity contribution in [3.63, 3.8) is 0 Å². The van der Waals surface area contributed by atoms with Crippen LogP contribution in [0.1, 0.15) is 12.8 Å². The molecule has 1 saturated heterocycles. The number of hydrogen-bond acceptors (Lipinski definition) is 5. The second-order valence-corrected chi connectivity index (χ2v) is 4.86. The molecule has 0 atom stereocenters. The quantitative estimate of drug-likeness (QED) is 0.632. The van der Waals surface area contributed by atoms with Crippen LogP contribution in [0, 0.1) is 20.2 Å². The maximum Gasteiger partial charge on any atom is 0.299 e. The zero-order valence-corrected chi connectivity index (χ0v) is 10.9. The van der Waals surface area contributed by atoms with E-state index in [0.717, 1.165) is 32.0 Å². The monoisotopic (exact) mass is 315 g/mol. The molecule has 1 aliphatic heterocycles. The molecule has 8 heteroatoms. The van der Waals surface area contributed by atoms with Crippen LogP contribution >= 0.6 is 15.9 Å². The lowest BCUT2D eigenvalue weighted by atomic mass is 10.2. The van der Waals surface area contributed by atoms with Gasteiger partial charge in [0.05, 0.1) is 20.4 Å². The molecule has 7 nitrogen and oxygen atoms in total. The minimum atomic E-state index is -0.634. The zero-order chi connectivity index (χ0) is 13.3. The van der Waals surface area contributed by atoms with Crippen molar-refractivity contribution in [1.82, 2.24) is 0 Å². The average Bonchev–Trinajstić information content (AvgIpc) is 2.80. The van der Waals surface area contributed by atoms with E-state index < -0.39 is 9.85 Å². The largest absolute Gasteiger partial charge is 0.366 e. The molecule has 0 bridgehead atoms. The van der Waals surface area contributed by atoms with E-state index in [9.17, 15) is 20.2 Å². The molecule has 0 N–H and O–H groups in total. The van der Waals surface area contributed by atoms with Gasteiger partial charge in [0.25, 0.3) is 11.4 Å². The molecule has 1 aliphatic rings. The number of rotatable bonds is 3. The van der Waals surface area contributed by atoms with Crippen LogP contribution in [-0.4, -0.2) is 22.9 Å². The van der Waals surface area contributed by atoms with E-state index in [4.69, 9.17) is 0 Å². The van der Waals surface area contributed by atoms with Crippen LogP contribution in [-0.2, 0) is 0 Å². The molecule has 0 amide bonds. The van der Waals surface area contributed by atoms with Crippen molar-refractivity contribution >= 4 is 33.0 Å². The van der Waals surface area contributed by atoms with Gasteiger partial charge in [-0.1, -0.05) is 0 Å². The van der Waals surface area contributed by atoms with Crippen LogP contribution < -0.4 is 4.90 Å². The maximum absolute atomic E-state index is 11.0. The molecule has 18 heavy (non-hydrogen) atoms. The van der Waals surface area contributed by atoms with Crippen molar-refractivity contribution in [3.05, 3.63) is 36.8 Å². The summed E-state index contributed by atoms with van der Waals surface area (Å²) in [5.74, 6) is 0. The molecule has 0 spiro atoms. The summed E-state index contributed by atoms with van der Waals surface area (Å²) in [5.41, 5.74) is -0.0635. The van der Waals surface area contributed by atoms with Gasteiger partial charge in [-0.15, -0.1) is 0 Å². The van der Waals surface area contributed by atoms with Gasteiger partial charge in [-0.2, -0.15) is 0 Å². The summed E-state index contributed by atoms with van der Waals surface area (Å²) in [6.45, 7) is 1.48. The summed E-state index contributed by atoms with van der Waals surface area (Å²) in [6, 6.07) is 2.47. The second kappa shape index (κ2) is 4.89. The molecule has 96 valence electrons. The summed E-state index contributed by atoms with van der Waals surface area (Å²) in [7, 11) is 0. The van der Waals surface area contributed by atoms with Crippen LogP contribution in [0.4, 0.5) is 17.1 Å². The van der Waals surface area contributed by atoms with Gasteiger partial charge in [0.1, 0.15) is 5.69 Å². The topological polar surface area (TPSA) is 89.5 Å². The lowest BCUT2D eigenvalue weighted by molar-refractivity contribution is -0.394. The van der Waals surface area contributed by atoms with Gasteiger partial charge in [-0.25, -0.2) is 0 Å². The van der Waals surface area contributed by atoms with E-state index in [-0.39, 0.29) is 15.8 Å². The van der Waals surface area contributed by atoms with Crippen LogP contribution in [0.5, 0.6) is 0 Å². The summed E-state index contributed by atoms with van der Waals surface area (Å²) >= 11 is 3.09. The minimum absolute atomic E-state index is 0.216. The Labute approximate surface area is 111 Å². The Balaban J connectivity index is 2.54. The number of benzene rings is 1. The van der Waals surface area contributed by atoms with Gasteiger partial charge >= 0.3 is 0 Å². The van der Waals surface area contributed by atoms with E-state index in [0.29, 0.717) is 5.69 Å². The molecule has 1 aromatic rings. The van der Waals surface area contributed by atoms with E-state index in [2.05, 4.69) is 15.9 Å². The molecule has 1 fully saturated rings. The molecule has 1 aromatic carbocycles. The number of halogens is 1. The fraction of sp³-hybridized carbons (Fsp3) is 0.400. The van der Waals surface area contributed by atoms with E-state index in [1.165, 1.54) is 6.07 Å². The average molecular weight is 316 g/mol. The zero-order valence-electron chi connectivity index (χ0n) is 9.34. The lowest BCUT2D eigenvalue weighted by Crippen LogP contribution is -2.19. The number of anilines is 1. The van der Waals surface area contributed by atoms with Crippen molar-refractivity contribution in [3.8, 4) is 0 Å². The first-order valence-corrected chi connectivity index (χ1v) is 6.17. The van der Waals surface area contributed by atoms with Crippen LogP contribution in [0.2, 0.25) is 0 Å². The Bertz CT molecular complexity index is 514. The maximum atomic E-state index is 11.0. The predicted molar refractivity (Wildman–Crippen MR) is 68.9 cm³/mol. The first-order valence-electron chi connectivity index (χ1n) is 5.38. The highest BCUT2D eigenvalue weighted by atomic mass is 79.9. The third-order valence-corrected chi connectivity index (χ3v) is 3.52. The first-order chi connectivity index (χ1) is 8.50. The SMILES string of the molecule is O=[N+]([O-])c1cc([N+](=O)[O-])c(N2CCCC2)cc1Br. The normalized spacial score (nSPS) is 14.8. The molecular formula is C10H10BrN3O4. The van der Waals surface area contributed by atoms with Crippen LogP contribution in [0.15, 0.2) is 16.6 Å². The summed E-state index contributed by atoms with van der Waals surface area (Å²) in [6.07, 6.45) is 1.96. The van der Waals surface area contributed by atoms with Gasteiger partial charge in [-0.3, -0.25) is 20.2 Å². The number of nitro groups is 2. The Morgan fingerprint density at radius 3 is 2.11 bits per heavy atom. The van der Waals surface area contributed by atoms with Gasteiger partial charge in [-0.05, 0) is 34.8 Å². The van der Waals surface area contributed by atoms with Crippen molar-refractivity contribution in [2.75, 3.05) is 18.0 Å². The molecule has 0 unspecified atom stereocenters. The first kappa shape index (κ1) is 12.7. The highest BCUT2D eigenvalue weighted by molar-refractivity contribution is 9.10. The van der Waals surface area contributed by atoms with Crippen molar-refractivity contribution in [2.45, 2.75) is 12.8 Å². The van der Waals surface area contributed by atoms with Crippen molar-refractivity contribution in [1.29, 1.82) is 0 Å². The highest BCUT2D eigenvalue weighted by Gasteiger charge is 2.27.